The second kappa shape index (κ2) is 5.80. The Balaban J connectivity index is 1.50. The van der Waals surface area contributed by atoms with Crippen LogP contribution in [0.2, 0.25) is 0 Å². The van der Waals surface area contributed by atoms with Gasteiger partial charge in [-0.15, -0.1) is 0 Å². The number of hydrogen-bond donors (Lipinski definition) is 1. The Morgan fingerprint density at radius 1 is 1.21 bits per heavy atom. The normalized spacial score (nSPS) is 19.8. The van der Waals surface area contributed by atoms with E-state index in [9.17, 15) is 5.11 Å². The summed E-state index contributed by atoms with van der Waals surface area (Å²) in [5.41, 5.74) is 0.815. The van der Waals surface area contributed by atoms with E-state index in [1.54, 1.807) is 0 Å². The van der Waals surface area contributed by atoms with Crippen molar-refractivity contribution in [3.05, 3.63) is 23.8 Å². The van der Waals surface area contributed by atoms with E-state index in [1.165, 1.54) is 25.7 Å². The molecule has 0 aromatic heterocycles. The Morgan fingerprint density at radius 2 is 2.00 bits per heavy atom. The maximum absolute atomic E-state index is 10.1. The van der Waals surface area contributed by atoms with Crippen LogP contribution in [0.25, 0.3) is 0 Å². The lowest BCUT2D eigenvalue weighted by atomic mass is 10.1. The molecule has 1 saturated carbocycles. The van der Waals surface area contributed by atoms with E-state index in [0.29, 0.717) is 18.3 Å². The smallest absolute Gasteiger partial charge is 0.231 e. The molecule has 0 radical (unpaired) electrons. The zero-order chi connectivity index (χ0) is 13.1. The highest BCUT2D eigenvalue weighted by atomic mass is 16.7. The van der Waals surface area contributed by atoms with E-state index in [-0.39, 0.29) is 6.79 Å². The number of aliphatic hydroxyl groups is 1. The Bertz CT molecular complexity index is 426. The highest BCUT2D eigenvalue weighted by Gasteiger charge is 2.18. The summed E-state index contributed by atoms with van der Waals surface area (Å²) in [4.78, 5) is 0. The molecule has 3 rings (SSSR count). The van der Waals surface area contributed by atoms with E-state index in [4.69, 9.17) is 14.2 Å². The quantitative estimate of drug-likeness (QED) is 0.888. The summed E-state index contributed by atoms with van der Waals surface area (Å²) >= 11 is 0. The van der Waals surface area contributed by atoms with Gasteiger partial charge < -0.3 is 19.3 Å². The third-order valence-corrected chi connectivity index (χ3v) is 3.89. The van der Waals surface area contributed by atoms with Gasteiger partial charge >= 0.3 is 0 Å². The molecule has 19 heavy (non-hydrogen) atoms. The third-order valence-electron chi connectivity index (χ3n) is 3.89. The number of benzene rings is 1. The predicted molar refractivity (Wildman–Crippen MR) is 70.3 cm³/mol. The molecule has 2 aliphatic rings. The first-order valence-corrected chi connectivity index (χ1v) is 6.98. The molecular weight excluding hydrogens is 244 g/mol. The van der Waals surface area contributed by atoms with E-state index in [1.807, 2.05) is 18.2 Å². The van der Waals surface area contributed by atoms with Crippen LogP contribution in [0.3, 0.4) is 0 Å². The standard InChI is InChI=1S/C15H20O4/c16-13(9-17-8-11-3-1-2-4-11)12-5-6-14-15(7-12)19-10-18-14/h5-7,11,13,16H,1-4,8-10H2. The van der Waals surface area contributed by atoms with Crippen molar-refractivity contribution >= 4 is 0 Å². The molecule has 0 spiro atoms. The van der Waals surface area contributed by atoms with Gasteiger partial charge in [0.2, 0.25) is 6.79 Å². The molecule has 1 aliphatic heterocycles. The number of hydrogen-bond acceptors (Lipinski definition) is 4. The van der Waals surface area contributed by atoms with Crippen LogP contribution in [-0.2, 0) is 4.74 Å². The van der Waals surface area contributed by atoms with Crippen molar-refractivity contribution in [1.29, 1.82) is 0 Å². The first-order valence-electron chi connectivity index (χ1n) is 6.98. The number of fused-ring (bicyclic) bond motifs is 1. The fourth-order valence-corrected chi connectivity index (χ4v) is 2.74. The van der Waals surface area contributed by atoms with Crippen molar-refractivity contribution in [2.24, 2.45) is 5.92 Å². The fourth-order valence-electron chi connectivity index (χ4n) is 2.74. The van der Waals surface area contributed by atoms with Crippen LogP contribution in [0.4, 0.5) is 0 Å². The van der Waals surface area contributed by atoms with Gasteiger partial charge in [0.15, 0.2) is 11.5 Å². The first kappa shape index (κ1) is 12.8. The second-order valence-corrected chi connectivity index (χ2v) is 5.32. The van der Waals surface area contributed by atoms with Gasteiger partial charge in [-0.05, 0) is 36.5 Å². The minimum absolute atomic E-state index is 0.257. The van der Waals surface area contributed by atoms with Crippen LogP contribution in [0.15, 0.2) is 18.2 Å². The van der Waals surface area contributed by atoms with Crippen LogP contribution in [0.1, 0.15) is 37.4 Å². The van der Waals surface area contributed by atoms with Gasteiger partial charge in [0.05, 0.1) is 6.61 Å². The minimum Gasteiger partial charge on any atom is -0.454 e. The van der Waals surface area contributed by atoms with Crippen LogP contribution in [0, 0.1) is 5.92 Å². The summed E-state index contributed by atoms with van der Waals surface area (Å²) in [5.74, 6) is 2.12. The highest BCUT2D eigenvalue weighted by molar-refractivity contribution is 5.45. The van der Waals surface area contributed by atoms with Crippen molar-refractivity contribution < 1.29 is 19.3 Å². The van der Waals surface area contributed by atoms with Crippen molar-refractivity contribution in [2.75, 3.05) is 20.0 Å². The van der Waals surface area contributed by atoms with Gasteiger partial charge in [-0.1, -0.05) is 18.9 Å². The number of aliphatic hydroxyl groups excluding tert-OH is 1. The largest absolute Gasteiger partial charge is 0.454 e. The molecule has 1 aromatic rings. The summed E-state index contributed by atoms with van der Waals surface area (Å²) in [7, 11) is 0. The van der Waals surface area contributed by atoms with E-state index in [0.717, 1.165) is 17.9 Å². The molecule has 1 unspecified atom stereocenters. The topological polar surface area (TPSA) is 47.9 Å². The number of rotatable bonds is 5. The van der Waals surface area contributed by atoms with Crippen LogP contribution < -0.4 is 9.47 Å². The Hall–Kier alpha value is -1.26. The molecule has 1 atom stereocenters. The average Bonchev–Trinajstić information content (AvgIpc) is 3.08. The molecule has 1 fully saturated rings. The fraction of sp³-hybridized carbons (Fsp3) is 0.600. The lowest BCUT2D eigenvalue weighted by molar-refractivity contribution is 0.0211. The lowest BCUT2D eigenvalue weighted by Crippen LogP contribution is -2.12. The molecule has 0 saturated heterocycles. The van der Waals surface area contributed by atoms with Gasteiger partial charge in [0.1, 0.15) is 6.10 Å². The summed E-state index contributed by atoms with van der Waals surface area (Å²) in [6.07, 6.45) is 4.56. The summed E-state index contributed by atoms with van der Waals surface area (Å²) in [5, 5.41) is 10.1. The van der Waals surface area contributed by atoms with Crippen LogP contribution in [-0.4, -0.2) is 25.1 Å². The summed E-state index contributed by atoms with van der Waals surface area (Å²) < 4.78 is 16.2. The van der Waals surface area contributed by atoms with E-state index in [2.05, 4.69) is 0 Å². The first-order chi connectivity index (χ1) is 9.33. The molecule has 1 N–H and O–H groups in total. The summed E-state index contributed by atoms with van der Waals surface area (Å²) in [6, 6.07) is 5.51. The van der Waals surface area contributed by atoms with Gasteiger partial charge in [0.25, 0.3) is 0 Å². The van der Waals surface area contributed by atoms with Gasteiger partial charge in [0, 0.05) is 6.61 Å². The van der Waals surface area contributed by atoms with E-state index < -0.39 is 6.10 Å². The van der Waals surface area contributed by atoms with Gasteiger partial charge in [-0.25, -0.2) is 0 Å². The average molecular weight is 264 g/mol. The minimum atomic E-state index is -0.601. The Morgan fingerprint density at radius 3 is 2.84 bits per heavy atom. The van der Waals surface area contributed by atoms with Crippen LogP contribution in [0.5, 0.6) is 11.5 Å². The SMILES string of the molecule is OC(COCC1CCCC1)c1ccc2c(c1)OCO2. The zero-order valence-electron chi connectivity index (χ0n) is 11.0. The number of ether oxygens (including phenoxy) is 3. The molecule has 0 bridgehead atoms. The second-order valence-electron chi connectivity index (χ2n) is 5.32. The van der Waals surface area contributed by atoms with Crippen molar-refractivity contribution in [1.82, 2.24) is 0 Å². The Labute approximate surface area is 113 Å². The molecule has 1 aliphatic carbocycles. The van der Waals surface area contributed by atoms with Gasteiger partial charge in [-0.2, -0.15) is 0 Å². The molecule has 4 heteroatoms. The zero-order valence-corrected chi connectivity index (χ0v) is 11.0. The highest BCUT2D eigenvalue weighted by Crippen LogP contribution is 2.34. The molecule has 104 valence electrons. The lowest BCUT2D eigenvalue weighted by Gasteiger charge is -2.14. The van der Waals surface area contributed by atoms with Crippen LogP contribution >= 0.6 is 0 Å². The van der Waals surface area contributed by atoms with Gasteiger partial charge in [-0.3, -0.25) is 0 Å². The molecule has 0 amide bonds. The molecule has 1 heterocycles. The summed E-state index contributed by atoms with van der Waals surface area (Å²) in [6.45, 7) is 1.37. The van der Waals surface area contributed by atoms with Crippen molar-refractivity contribution in [3.63, 3.8) is 0 Å². The molecular formula is C15H20O4. The molecule has 1 aromatic carbocycles. The maximum Gasteiger partial charge on any atom is 0.231 e. The monoisotopic (exact) mass is 264 g/mol. The molecule has 4 nitrogen and oxygen atoms in total. The van der Waals surface area contributed by atoms with Crippen molar-refractivity contribution in [2.45, 2.75) is 31.8 Å². The third kappa shape index (κ3) is 3.01. The Kier molecular flexibility index (Phi) is 3.89. The maximum atomic E-state index is 10.1. The predicted octanol–water partition coefficient (Wildman–Crippen LogP) is 2.66. The van der Waals surface area contributed by atoms with Crippen molar-refractivity contribution in [3.8, 4) is 11.5 Å². The van der Waals surface area contributed by atoms with E-state index >= 15 is 0 Å².